The first-order valence-corrected chi connectivity index (χ1v) is 9.03. The summed E-state index contributed by atoms with van der Waals surface area (Å²) in [5.41, 5.74) is 7.05. The van der Waals surface area contributed by atoms with Gasteiger partial charge in [-0.05, 0) is 49.8 Å². The maximum absolute atomic E-state index is 11.5. The first-order chi connectivity index (χ1) is 9.47. The van der Waals surface area contributed by atoms with Crippen molar-refractivity contribution in [1.29, 1.82) is 0 Å². The fraction of sp³-hybridized carbons (Fsp3) is 0.600. The lowest BCUT2D eigenvalue weighted by Crippen LogP contribution is -2.13. The second-order valence-electron chi connectivity index (χ2n) is 5.52. The Balaban J connectivity index is 1.90. The van der Waals surface area contributed by atoms with Crippen molar-refractivity contribution < 1.29 is 13.2 Å². The number of benzene rings is 1. The Hall–Kier alpha value is -0.910. The lowest BCUT2D eigenvalue weighted by Gasteiger charge is -2.14. The van der Waals surface area contributed by atoms with E-state index in [1.165, 1.54) is 6.26 Å². The topological polar surface area (TPSA) is 69.4 Å². The highest BCUT2D eigenvalue weighted by molar-refractivity contribution is 7.90. The van der Waals surface area contributed by atoms with Crippen molar-refractivity contribution in [3.8, 4) is 0 Å². The van der Waals surface area contributed by atoms with E-state index in [1.54, 1.807) is 18.2 Å². The van der Waals surface area contributed by atoms with E-state index < -0.39 is 9.84 Å². The van der Waals surface area contributed by atoms with Gasteiger partial charge in [0.1, 0.15) is 0 Å². The first-order valence-electron chi connectivity index (χ1n) is 7.14. The molecule has 5 heteroatoms. The van der Waals surface area contributed by atoms with E-state index in [0.29, 0.717) is 11.0 Å². The molecule has 1 saturated heterocycles. The highest BCUT2D eigenvalue weighted by Gasteiger charge is 2.16. The van der Waals surface area contributed by atoms with Crippen LogP contribution in [0.2, 0.25) is 0 Å². The van der Waals surface area contributed by atoms with Crippen LogP contribution in [0.5, 0.6) is 0 Å². The molecule has 112 valence electrons. The van der Waals surface area contributed by atoms with Gasteiger partial charge in [-0.2, -0.15) is 0 Å². The Morgan fingerprint density at radius 1 is 1.45 bits per heavy atom. The summed E-state index contributed by atoms with van der Waals surface area (Å²) in [6.45, 7) is 0.882. The molecule has 20 heavy (non-hydrogen) atoms. The zero-order valence-electron chi connectivity index (χ0n) is 11.9. The van der Waals surface area contributed by atoms with Crippen LogP contribution in [0.1, 0.15) is 43.7 Å². The van der Waals surface area contributed by atoms with Gasteiger partial charge in [0.15, 0.2) is 9.84 Å². The van der Waals surface area contributed by atoms with Gasteiger partial charge >= 0.3 is 0 Å². The van der Waals surface area contributed by atoms with Crippen molar-refractivity contribution in [3.05, 3.63) is 29.8 Å². The molecule has 2 unspecified atom stereocenters. The Labute approximate surface area is 121 Å². The normalized spacial score (nSPS) is 21.0. The number of rotatable bonds is 6. The quantitative estimate of drug-likeness (QED) is 0.875. The minimum atomic E-state index is -3.17. The average Bonchev–Trinajstić information content (AvgIpc) is 2.91. The molecule has 2 rings (SSSR count). The van der Waals surface area contributed by atoms with Gasteiger partial charge in [-0.15, -0.1) is 0 Å². The van der Waals surface area contributed by atoms with Crippen molar-refractivity contribution in [2.75, 3.05) is 12.9 Å². The molecule has 2 N–H and O–H groups in total. The smallest absolute Gasteiger partial charge is 0.175 e. The van der Waals surface area contributed by atoms with Gasteiger partial charge in [0.05, 0.1) is 11.0 Å². The molecule has 0 spiro atoms. The molecular formula is C15H23NO3S. The van der Waals surface area contributed by atoms with E-state index in [2.05, 4.69) is 0 Å². The predicted molar refractivity (Wildman–Crippen MR) is 79.3 cm³/mol. The van der Waals surface area contributed by atoms with E-state index in [9.17, 15) is 8.42 Å². The average molecular weight is 297 g/mol. The van der Waals surface area contributed by atoms with E-state index in [0.717, 1.165) is 44.3 Å². The van der Waals surface area contributed by atoms with Crippen LogP contribution in [0.4, 0.5) is 0 Å². The first kappa shape index (κ1) is 15.5. The standard InChI is InChI=1S/C15H23NO3S/c1-20(17,18)14-8-2-5-12(11-14)15(16)9-3-6-13-7-4-10-19-13/h2,5,8,11,13,15H,3-4,6-7,9-10,16H2,1H3. The molecule has 1 fully saturated rings. The van der Waals surface area contributed by atoms with E-state index in [-0.39, 0.29) is 6.04 Å². The van der Waals surface area contributed by atoms with Crippen molar-refractivity contribution in [2.24, 2.45) is 5.73 Å². The number of sulfone groups is 1. The Morgan fingerprint density at radius 3 is 2.90 bits per heavy atom. The molecule has 4 nitrogen and oxygen atoms in total. The third kappa shape index (κ3) is 4.30. The van der Waals surface area contributed by atoms with Gasteiger partial charge in [-0.25, -0.2) is 8.42 Å². The highest BCUT2D eigenvalue weighted by Crippen LogP contribution is 2.23. The summed E-state index contributed by atoms with van der Waals surface area (Å²) in [5.74, 6) is 0. The van der Waals surface area contributed by atoms with Crippen LogP contribution in [-0.4, -0.2) is 27.4 Å². The molecule has 1 aromatic carbocycles. The van der Waals surface area contributed by atoms with Crippen molar-refractivity contribution in [3.63, 3.8) is 0 Å². The fourth-order valence-corrected chi connectivity index (χ4v) is 3.26. The molecule has 0 bridgehead atoms. The zero-order chi connectivity index (χ0) is 14.6. The van der Waals surface area contributed by atoms with E-state index in [4.69, 9.17) is 10.5 Å². The van der Waals surface area contributed by atoms with Crippen LogP contribution in [0.3, 0.4) is 0 Å². The molecule has 1 aliphatic heterocycles. The van der Waals surface area contributed by atoms with Crippen molar-refractivity contribution >= 4 is 9.84 Å². The zero-order valence-corrected chi connectivity index (χ0v) is 12.7. The molecule has 1 aromatic rings. The summed E-state index contributed by atoms with van der Waals surface area (Å²) in [6.07, 6.45) is 6.83. The summed E-state index contributed by atoms with van der Waals surface area (Å²) >= 11 is 0. The van der Waals surface area contributed by atoms with Gasteiger partial charge in [0.25, 0.3) is 0 Å². The minimum Gasteiger partial charge on any atom is -0.378 e. The largest absolute Gasteiger partial charge is 0.378 e. The third-order valence-electron chi connectivity index (χ3n) is 3.78. The molecule has 2 atom stereocenters. The third-order valence-corrected chi connectivity index (χ3v) is 4.89. The summed E-state index contributed by atoms with van der Waals surface area (Å²) in [5, 5.41) is 0. The van der Waals surface area contributed by atoms with Gasteiger partial charge in [0.2, 0.25) is 0 Å². The molecular weight excluding hydrogens is 274 g/mol. The van der Waals surface area contributed by atoms with Crippen LogP contribution < -0.4 is 5.73 Å². The van der Waals surface area contributed by atoms with E-state index >= 15 is 0 Å². The van der Waals surface area contributed by atoms with Gasteiger partial charge in [-0.1, -0.05) is 12.1 Å². The second kappa shape index (κ2) is 6.70. The number of nitrogens with two attached hydrogens (primary N) is 1. The van der Waals surface area contributed by atoms with Crippen LogP contribution in [0.25, 0.3) is 0 Å². The monoisotopic (exact) mass is 297 g/mol. The Morgan fingerprint density at radius 2 is 2.25 bits per heavy atom. The molecule has 1 aliphatic rings. The van der Waals surface area contributed by atoms with Gasteiger partial charge in [-0.3, -0.25) is 0 Å². The SMILES string of the molecule is CS(=O)(=O)c1cccc(C(N)CCCC2CCCO2)c1. The summed E-state index contributed by atoms with van der Waals surface area (Å²) in [6, 6.07) is 6.83. The second-order valence-corrected chi connectivity index (χ2v) is 7.53. The predicted octanol–water partition coefficient (Wildman–Crippen LogP) is 2.44. The summed E-state index contributed by atoms with van der Waals surface area (Å²) < 4.78 is 28.7. The molecule has 0 aliphatic carbocycles. The maximum atomic E-state index is 11.5. The van der Waals surface area contributed by atoms with Gasteiger partial charge < -0.3 is 10.5 Å². The van der Waals surface area contributed by atoms with Crippen molar-refractivity contribution in [1.82, 2.24) is 0 Å². The number of hydrogen-bond acceptors (Lipinski definition) is 4. The summed E-state index contributed by atoms with van der Waals surface area (Å²) in [4.78, 5) is 0.338. The molecule has 0 saturated carbocycles. The van der Waals surface area contributed by atoms with Crippen LogP contribution in [0, 0.1) is 0 Å². The Kier molecular flexibility index (Phi) is 5.18. The lowest BCUT2D eigenvalue weighted by molar-refractivity contribution is 0.101. The number of ether oxygens (including phenoxy) is 1. The molecule has 0 amide bonds. The lowest BCUT2D eigenvalue weighted by atomic mass is 10.00. The molecule has 0 radical (unpaired) electrons. The van der Waals surface area contributed by atoms with Crippen molar-refractivity contribution in [2.45, 2.75) is 49.1 Å². The maximum Gasteiger partial charge on any atom is 0.175 e. The molecule has 0 aromatic heterocycles. The van der Waals surface area contributed by atoms with Crippen LogP contribution >= 0.6 is 0 Å². The Bertz CT molecular complexity index is 536. The highest BCUT2D eigenvalue weighted by atomic mass is 32.2. The van der Waals surface area contributed by atoms with E-state index in [1.807, 2.05) is 6.07 Å². The van der Waals surface area contributed by atoms with Crippen LogP contribution in [0.15, 0.2) is 29.2 Å². The number of hydrogen-bond donors (Lipinski definition) is 1. The fourth-order valence-electron chi connectivity index (χ4n) is 2.58. The summed E-state index contributed by atoms with van der Waals surface area (Å²) in [7, 11) is -3.17. The van der Waals surface area contributed by atoms with Gasteiger partial charge in [0, 0.05) is 18.9 Å². The minimum absolute atomic E-state index is 0.113. The van der Waals surface area contributed by atoms with Crippen LogP contribution in [-0.2, 0) is 14.6 Å². The molecule has 1 heterocycles.